The molecule has 76 valence electrons. The Morgan fingerprint density at radius 1 is 1.38 bits per heavy atom. The van der Waals surface area contributed by atoms with Crippen molar-refractivity contribution in [2.24, 2.45) is 22.4 Å². The van der Waals surface area contributed by atoms with E-state index in [1.54, 1.807) is 0 Å². The second-order valence-corrected chi connectivity index (χ2v) is 3.46. The van der Waals surface area contributed by atoms with E-state index in [9.17, 15) is 4.79 Å². The minimum atomic E-state index is -0.480. The minimum absolute atomic E-state index is 0.105. The number of rotatable bonds is 5. The van der Waals surface area contributed by atoms with E-state index in [4.69, 9.17) is 11.5 Å². The van der Waals surface area contributed by atoms with Crippen molar-refractivity contribution in [1.82, 2.24) is 0 Å². The highest BCUT2D eigenvalue weighted by molar-refractivity contribution is 5.86. The zero-order valence-electron chi connectivity index (χ0n) is 8.58. The third-order valence-corrected chi connectivity index (χ3v) is 1.73. The fraction of sp³-hybridized carbons (Fsp3) is 0.778. The first kappa shape index (κ1) is 11.9. The van der Waals surface area contributed by atoms with Gasteiger partial charge in [-0.3, -0.25) is 9.79 Å². The van der Waals surface area contributed by atoms with Crippen LogP contribution in [0.3, 0.4) is 0 Å². The summed E-state index contributed by atoms with van der Waals surface area (Å²) >= 11 is 0. The first-order valence-electron chi connectivity index (χ1n) is 4.60. The molecular weight excluding hydrogens is 166 g/mol. The number of primary amides is 1. The molecule has 0 bridgehead atoms. The van der Waals surface area contributed by atoms with Gasteiger partial charge in [0.15, 0.2) is 0 Å². The van der Waals surface area contributed by atoms with Crippen molar-refractivity contribution in [3.8, 4) is 0 Å². The Morgan fingerprint density at radius 2 is 1.92 bits per heavy atom. The van der Waals surface area contributed by atoms with Crippen LogP contribution in [0.25, 0.3) is 0 Å². The molecule has 0 aromatic carbocycles. The lowest BCUT2D eigenvalue weighted by Crippen LogP contribution is -2.33. The van der Waals surface area contributed by atoms with Crippen LogP contribution in [0.1, 0.15) is 33.6 Å². The van der Waals surface area contributed by atoms with E-state index in [0.29, 0.717) is 5.84 Å². The number of amides is 1. The van der Waals surface area contributed by atoms with Crippen LogP contribution < -0.4 is 11.5 Å². The average molecular weight is 185 g/mol. The van der Waals surface area contributed by atoms with Crippen LogP contribution in [0, 0.1) is 5.92 Å². The maximum Gasteiger partial charge on any atom is 0.242 e. The molecule has 0 aromatic heterocycles. The monoisotopic (exact) mass is 185 g/mol. The van der Waals surface area contributed by atoms with Crippen molar-refractivity contribution in [1.29, 1.82) is 0 Å². The largest absolute Gasteiger partial charge is 0.387 e. The summed E-state index contributed by atoms with van der Waals surface area (Å²) in [4.78, 5) is 15.0. The van der Waals surface area contributed by atoms with Crippen LogP contribution in [-0.4, -0.2) is 17.8 Å². The van der Waals surface area contributed by atoms with Gasteiger partial charge < -0.3 is 11.5 Å². The Balaban J connectivity index is 4.40. The quantitative estimate of drug-likeness (QED) is 0.487. The van der Waals surface area contributed by atoms with Gasteiger partial charge >= 0.3 is 0 Å². The normalized spacial score (nSPS) is 14.6. The molecule has 0 aromatic rings. The molecule has 0 rings (SSSR count). The van der Waals surface area contributed by atoms with Crippen molar-refractivity contribution < 1.29 is 4.79 Å². The number of amidine groups is 1. The van der Waals surface area contributed by atoms with E-state index in [2.05, 4.69) is 4.99 Å². The fourth-order valence-corrected chi connectivity index (χ4v) is 1.04. The molecule has 4 N–H and O–H groups in total. The summed E-state index contributed by atoms with van der Waals surface area (Å²) < 4.78 is 0. The van der Waals surface area contributed by atoms with Gasteiger partial charge in [-0.05, 0) is 12.3 Å². The Bertz CT molecular complexity index is 199. The Morgan fingerprint density at radius 3 is 2.23 bits per heavy atom. The maximum atomic E-state index is 10.9. The first-order valence-corrected chi connectivity index (χ1v) is 4.60. The number of carbonyl (C=O) groups is 1. The lowest BCUT2D eigenvalue weighted by atomic mass is 10.0. The molecular formula is C9H19N3O. The van der Waals surface area contributed by atoms with Gasteiger partial charge in [0.1, 0.15) is 6.04 Å². The highest BCUT2D eigenvalue weighted by atomic mass is 16.1. The summed E-state index contributed by atoms with van der Waals surface area (Å²) in [7, 11) is 0. The second-order valence-electron chi connectivity index (χ2n) is 3.46. The van der Waals surface area contributed by atoms with Crippen LogP contribution in [0.4, 0.5) is 0 Å². The summed E-state index contributed by atoms with van der Waals surface area (Å²) in [5.74, 6) is 0.210. The van der Waals surface area contributed by atoms with E-state index in [1.165, 1.54) is 0 Å². The lowest BCUT2D eigenvalue weighted by Gasteiger charge is -2.13. The molecule has 13 heavy (non-hydrogen) atoms. The number of hydrogen-bond acceptors (Lipinski definition) is 2. The molecule has 0 fully saturated rings. The van der Waals surface area contributed by atoms with Crippen molar-refractivity contribution in [3.63, 3.8) is 0 Å². The van der Waals surface area contributed by atoms with Gasteiger partial charge in [-0.2, -0.15) is 0 Å². The van der Waals surface area contributed by atoms with Crippen LogP contribution in [0.2, 0.25) is 0 Å². The van der Waals surface area contributed by atoms with Gasteiger partial charge in [-0.1, -0.05) is 20.8 Å². The van der Waals surface area contributed by atoms with Gasteiger partial charge in [-0.15, -0.1) is 0 Å². The summed E-state index contributed by atoms with van der Waals surface area (Å²) in [6.45, 7) is 5.81. The van der Waals surface area contributed by atoms with E-state index >= 15 is 0 Å². The van der Waals surface area contributed by atoms with Crippen LogP contribution in [-0.2, 0) is 4.79 Å². The summed E-state index contributed by atoms with van der Waals surface area (Å²) in [5, 5.41) is 0. The van der Waals surface area contributed by atoms with E-state index in [1.807, 2.05) is 20.8 Å². The molecule has 1 unspecified atom stereocenters. The van der Waals surface area contributed by atoms with Crippen molar-refractivity contribution in [2.75, 3.05) is 0 Å². The number of aliphatic imine (C=N–C) groups is 1. The maximum absolute atomic E-state index is 10.9. The van der Waals surface area contributed by atoms with Gasteiger partial charge in [0, 0.05) is 6.42 Å². The van der Waals surface area contributed by atoms with E-state index in [-0.39, 0.29) is 5.92 Å². The SMILES string of the molecule is CCCC(N)=NC(C(N)=O)C(C)C. The average Bonchev–Trinajstić information content (AvgIpc) is 1.99. The molecule has 0 saturated carbocycles. The molecule has 1 atom stereocenters. The van der Waals surface area contributed by atoms with Crippen molar-refractivity contribution in [2.45, 2.75) is 39.7 Å². The van der Waals surface area contributed by atoms with E-state index < -0.39 is 11.9 Å². The summed E-state index contributed by atoms with van der Waals surface area (Å²) in [6.07, 6.45) is 1.65. The van der Waals surface area contributed by atoms with Gasteiger partial charge in [0.2, 0.25) is 5.91 Å². The van der Waals surface area contributed by atoms with E-state index in [0.717, 1.165) is 12.8 Å². The topological polar surface area (TPSA) is 81.5 Å². The Hall–Kier alpha value is -1.06. The molecule has 0 radical (unpaired) electrons. The molecule has 0 aliphatic heterocycles. The van der Waals surface area contributed by atoms with Gasteiger partial charge in [0.25, 0.3) is 0 Å². The molecule has 0 saturated heterocycles. The van der Waals surface area contributed by atoms with Crippen LogP contribution in [0.5, 0.6) is 0 Å². The molecule has 0 aliphatic carbocycles. The zero-order chi connectivity index (χ0) is 10.4. The number of carbonyl (C=O) groups excluding carboxylic acids is 1. The molecule has 0 aliphatic rings. The Labute approximate surface area is 79.4 Å². The lowest BCUT2D eigenvalue weighted by molar-refractivity contribution is -0.120. The second kappa shape index (κ2) is 5.56. The highest BCUT2D eigenvalue weighted by Gasteiger charge is 2.18. The fourth-order valence-electron chi connectivity index (χ4n) is 1.04. The molecule has 0 heterocycles. The molecule has 1 amide bonds. The van der Waals surface area contributed by atoms with Crippen molar-refractivity contribution in [3.05, 3.63) is 0 Å². The third-order valence-electron chi connectivity index (χ3n) is 1.73. The minimum Gasteiger partial charge on any atom is -0.387 e. The summed E-state index contributed by atoms with van der Waals surface area (Å²) in [6, 6.07) is -0.480. The first-order chi connectivity index (χ1) is 5.99. The standard InChI is InChI=1S/C9H19N3O/c1-4-5-7(10)12-8(6(2)3)9(11)13/h6,8H,4-5H2,1-3H3,(H2,10,12)(H2,11,13). The number of nitrogens with two attached hydrogens (primary N) is 2. The molecule has 0 spiro atoms. The van der Waals surface area contributed by atoms with Crippen molar-refractivity contribution >= 4 is 11.7 Å². The Kier molecular flexibility index (Phi) is 5.11. The molecule has 4 nitrogen and oxygen atoms in total. The third kappa shape index (κ3) is 4.50. The number of nitrogens with zero attached hydrogens (tertiary/aromatic N) is 1. The predicted octanol–water partition coefficient (Wildman–Crippen LogP) is 0.654. The van der Waals surface area contributed by atoms with Crippen LogP contribution >= 0.6 is 0 Å². The predicted molar refractivity (Wildman–Crippen MR) is 54.4 cm³/mol. The summed E-state index contributed by atoms with van der Waals surface area (Å²) in [5.41, 5.74) is 10.8. The van der Waals surface area contributed by atoms with Gasteiger partial charge in [-0.25, -0.2) is 0 Å². The highest BCUT2D eigenvalue weighted by Crippen LogP contribution is 2.06. The van der Waals surface area contributed by atoms with Gasteiger partial charge in [0.05, 0.1) is 5.84 Å². The number of hydrogen-bond donors (Lipinski definition) is 2. The molecule has 4 heteroatoms. The van der Waals surface area contributed by atoms with Crippen LogP contribution in [0.15, 0.2) is 4.99 Å². The zero-order valence-corrected chi connectivity index (χ0v) is 8.58. The smallest absolute Gasteiger partial charge is 0.242 e.